The van der Waals surface area contributed by atoms with Gasteiger partial charge in [-0.1, -0.05) is 31.2 Å². The molecule has 2 amide bonds. The number of rotatable bonds is 12. The molecular weight excluding hydrogens is 562 g/mol. The third-order valence-corrected chi connectivity index (χ3v) is 11.3. The summed E-state index contributed by atoms with van der Waals surface area (Å²) < 4.78 is 32.7. The minimum atomic E-state index is -3.79. The average Bonchev–Trinajstić information content (AvgIpc) is 2.97. The zero-order valence-corrected chi connectivity index (χ0v) is 27.0. The van der Waals surface area contributed by atoms with Gasteiger partial charge < -0.3 is 15.0 Å². The molecule has 0 aliphatic heterocycles. The van der Waals surface area contributed by atoms with Gasteiger partial charge in [-0.15, -0.1) is 0 Å². The Labute approximate surface area is 257 Å². The first-order valence-electron chi connectivity index (χ1n) is 15.7. The van der Waals surface area contributed by atoms with Crippen molar-refractivity contribution in [3.8, 4) is 5.75 Å². The number of nitrogens with one attached hydrogen (secondary N) is 1. The predicted molar refractivity (Wildman–Crippen MR) is 169 cm³/mol. The van der Waals surface area contributed by atoms with Crippen molar-refractivity contribution >= 4 is 27.5 Å². The van der Waals surface area contributed by atoms with E-state index in [2.05, 4.69) is 17.4 Å². The normalized spacial score (nSPS) is 25.6. The lowest BCUT2D eigenvalue weighted by Crippen LogP contribution is -2.52. The molecule has 0 spiro atoms. The zero-order chi connectivity index (χ0) is 30.9. The highest BCUT2D eigenvalue weighted by molar-refractivity contribution is 7.92. The van der Waals surface area contributed by atoms with E-state index in [1.165, 1.54) is 49.0 Å². The number of benzene rings is 2. The largest absolute Gasteiger partial charge is 0.497 e. The van der Waals surface area contributed by atoms with Crippen molar-refractivity contribution in [2.24, 2.45) is 17.8 Å². The van der Waals surface area contributed by atoms with Gasteiger partial charge in [-0.25, -0.2) is 8.42 Å². The summed E-state index contributed by atoms with van der Waals surface area (Å²) in [5.41, 5.74) is 2.74. The molecule has 4 bridgehead atoms. The quantitative estimate of drug-likeness (QED) is 0.354. The number of sulfonamides is 1. The van der Waals surface area contributed by atoms with E-state index < -0.39 is 28.5 Å². The number of nitrogens with zero attached hydrogens (tertiary/aromatic N) is 2. The van der Waals surface area contributed by atoms with Gasteiger partial charge in [0.25, 0.3) is 0 Å². The highest BCUT2D eigenvalue weighted by atomic mass is 32.2. The number of anilines is 1. The number of hydrogen-bond donors (Lipinski definition) is 1. The van der Waals surface area contributed by atoms with Crippen LogP contribution in [0.25, 0.3) is 0 Å². The molecule has 2 atom stereocenters. The maximum absolute atomic E-state index is 13.9. The van der Waals surface area contributed by atoms with Crippen LogP contribution in [0.15, 0.2) is 48.5 Å². The molecule has 4 saturated carbocycles. The molecule has 9 heteroatoms. The van der Waals surface area contributed by atoms with E-state index in [4.69, 9.17) is 4.74 Å². The molecule has 4 aliphatic rings. The van der Waals surface area contributed by atoms with Crippen LogP contribution >= 0.6 is 0 Å². The second-order valence-corrected chi connectivity index (χ2v) is 15.3. The van der Waals surface area contributed by atoms with Crippen LogP contribution in [-0.4, -0.2) is 57.1 Å². The first-order valence-corrected chi connectivity index (χ1v) is 17.6. The third kappa shape index (κ3) is 6.87. The molecule has 43 heavy (non-hydrogen) atoms. The van der Waals surface area contributed by atoms with E-state index in [9.17, 15) is 18.0 Å². The average molecular weight is 610 g/mol. The van der Waals surface area contributed by atoms with Crippen LogP contribution < -0.4 is 14.4 Å². The molecule has 2 aromatic rings. The Morgan fingerprint density at radius 3 is 2.14 bits per heavy atom. The lowest BCUT2D eigenvalue weighted by atomic mass is 9.48. The fraction of sp³-hybridized carbons (Fsp3) is 0.588. The van der Waals surface area contributed by atoms with Gasteiger partial charge >= 0.3 is 0 Å². The number of hydrogen-bond acceptors (Lipinski definition) is 5. The number of amides is 2. The van der Waals surface area contributed by atoms with Gasteiger partial charge in [-0.2, -0.15) is 0 Å². The standard InChI is InChI=1S/C34H47N3O5S/c1-6-23(2)35-33(39)24(3)36(21-25-8-7-9-31(17-25)42-4)32(38)22-37(43(5,40)41)30-12-10-29(11-13-30)34-18-26-14-27(19-34)16-28(15-26)20-34/h7-13,17,23-24,26-28H,6,14-16,18-22H2,1-5H3,(H,35,39). The van der Waals surface area contributed by atoms with Gasteiger partial charge in [-0.05, 0) is 117 Å². The van der Waals surface area contributed by atoms with E-state index >= 15 is 0 Å². The maximum atomic E-state index is 13.9. The summed E-state index contributed by atoms with van der Waals surface area (Å²) in [5, 5.41) is 2.96. The molecule has 4 fully saturated rings. The van der Waals surface area contributed by atoms with Crippen LogP contribution in [0.5, 0.6) is 5.75 Å². The Bertz CT molecular complexity index is 1390. The third-order valence-electron chi connectivity index (χ3n) is 10.1. The topological polar surface area (TPSA) is 96.0 Å². The summed E-state index contributed by atoms with van der Waals surface area (Å²) in [6.45, 7) is 5.31. The molecule has 4 aliphatic carbocycles. The van der Waals surface area contributed by atoms with Crippen molar-refractivity contribution in [3.63, 3.8) is 0 Å². The van der Waals surface area contributed by atoms with Crippen LogP contribution in [0.2, 0.25) is 0 Å². The highest BCUT2D eigenvalue weighted by Gasteiger charge is 2.51. The molecule has 2 unspecified atom stereocenters. The van der Waals surface area contributed by atoms with Gasteiger partial charge in [0, 0.05) is 12.6 Å². The minimum Gasteiger partial charge on any atom is -0.497 e. The van der Waals surface area contributed by atoms with Crippen molar-refractivity contribution in [1.29, 1.82) is 0 Å². The Morgan fingerprint density at radius 2 is 1.60 bits per heavy atom. The molecule has 0 aromatic heterocycles. The molecule has 0 saturated heterocycles. The van der Waals surface area contributed by atoms with Crippen molar-refractivity contribution in [2.75, 3.05) is 24.2 Å². The molecular formula is C34H47N3O5S. The minimum absolute atomic E-state index is 0.0521. The number of carbonyl (C=O) groups is 2. The van der Waals surface area contributed by atoms with Crippen LogP contribution in [0.3, 0.4) is 0 Å². The lowest BCUT2D eigenvalue weighted by Gasteiger charge is -2.57. The molecule has 6 rings (SSSR count). The van der Waals surface area contributed by atoms with Gasteiger partial charge in [0.05, 0.1) is 19.1 Å². The molecule has 1 N–H and O–H groups in total. The number of methoxy groups -OCH3 is 1. The van der Waals surface area contributed by atoms with Crippen LogP contribution in [-0.2, 0) is 31.6 Å². The van der Waals surface area contributed by atoms with Crippen LogP contribution in [0.1, 0.15) is 76.8 Å². The predicted octanol–water partition coefficient (Wildman–Crippen LogP) is 5.26. The van der Waals surface area contributed by atoms with E-state index in [0.29, 0.717) is 11.4 Å². The number of ether oxygens (including phenoxy) is 1. The van der Waals surface area contributed by atoms with Crippen LogP contribution in [0, 0.1) is 17.8 Å². The highest BCUT2D eigenvalue weighted by Crippen LogP contribution is 2.60. The Hall–Kier alpha value is -3.07. The maximum Gasteiger partial charge on any atom is 0.244 e. The summed E-state index contributed by atoms with van der Waals surface area (Å²) in [7, 11) is -2.22. The first-order chi connectivity index (χ1) is 20.4. The molecule has 0 heterocycles. The van der Waals surface area contributed by atoms with Crippen molar-refractivity contribution < 1.29 is 22.7 Å². The van der Waals surface area contributed by atoms with Crippen molar-refractivity contribution in [1.82, 2.24) is 10.2 Å². The molecule has 2 aromatic carbocycles. The van der Waals surface area contributed by atoms with Gasteiger partial charge in [0.2, 0.25) is 21.8 Å². The fourth-order valence-electron chi connectivity index (χ4n) is 8.07. The van der Waals surface area contributed by atoms with E-state index in [1.807, 2.05) is 50.2 Å². The second-order valence-electron chi connectivity index (χ2n) is 13.4. The summed E-state index contributed by atoms with van der Waals surface area (Å²) in [5.74, 6) is 2.34. The molecule has 0 radical (unpaired) electrons. The number of carbonyl (C=O) groups excluding carboxylic acids is 2. The summed E-state index contributed by atoms with van der Waals surface area (Å²) in [4.78, 5) is 28.6. The van der Waals surface area contributed by atoms with E-state index in [-0.39, 0.29) is 23.9 Å². The van der Waals surface area contributed by atoms with E-state index in [0.717, 1.165) is 40.3 Å². The van der Waals surface area contributed by atoms with E-state index in [1.54, 1.807) is 14.0 Å². The smallest absolute Gasteiger partial charge is 0.244 e. The van der Waals surface area contributed by atoms with Gasteiger partial charge in [0.15, 0.2) is 0 Å². The SMILES string of the molecule is CCC(C)NC(=O)C(C)N(Cc1cccc(OC)c1)C(=O)CN(c1ccc(C23CC4CC(CC(C4)C2)C3)cc1)S(C)(=O)=O. The lowest BCUT2D eigenvalue weighted by molar-refractivity contribution is -0.139. The summed E-state index contributed by atoms with van der Waals surface area (Å²) in [6, 6.07) is 14.3. The molecule has 234 valence electrons. The van der Waals surface area contributed by atoms with Gasteiger partial charge in [0.1, 0.15) is 18.3 Å². The van der Waals surface area contributed by atoms with Gasteiger partial charge in [-0.3, -0.25) is 13.9 Å². The Morgan fingerprint density at radius 1 is 1.00 bits per heavy atom. The monoisotopic (exact) mass is 609 g/mol. The van der Waals surface area contributed by atoms with Crippen LogP contribution in [0.4, 0.5) is 5.69 Å². The Kier molecular flexibility index (Phi) is 9.12. The van der Waals surface area contributed by atoms with Crippen molar-refractivity contribution in [2.45, 2.75) is 89.8 Å². The zero-order valence-electron chi connectivity index (χ0n) is 26.2. The second kappa shape index (κ2) is 12.5. The summed E-state index contributed by atoms with van der Waals surface area (Å²) in [6.07, 6.45) is 9.64. The molecule has 8 nitrogen and oxygen atoms in total. The fourth-order valence-corrected chi connectivity index (χ4v) is 8.92. The Balaban J connectivity index is 1.39. The first kappa shape index (κ1) is 31.4. The summed E-state index contributed by atoms with van der Waals surface area (Å²) >= 11 is 0. The van der Waals surface area contributed by atoms with Crippen molar-refractivity contribution in [3.05, 3.63) is 59.7 Å².